The summed E-state index contributed by atoms with van der Waals surface area (Å²) in [6.45, 7) is 0. The summed E-state index contributed by atoms with van der Waals surface area (Å²) >= 11 is 0. The monoisotopic (exact) mass is 395 g/mol. The fraction of sp³-hybridized carbons (Fsp3) is 0. The van der Waals surface area contributed by atoms with Gasteiger partial charge >= 0.3 is 0 Å². The van der Waals surface area contributed by atoms with E-state index in [0.717, 1.165) is 0 Å². The molecule has 2 aromatic rings. The Morgan fingerprint density at radius 3 is 2.41 bits per heavy atom. The van der Waals surface area contributed by atoms with E-state index in [1.165, 1.54) is 0 Å². The summed E-state index contributed by atoms with van der Waals surface area (Å²) in [5.74, 6) is -0.174. The second-order valence-corrected chi connectivity index (χ2v) is 3.33. The van der Waals surface area contributed by atoms with Crippen molar-refractivity contribution in [2.24, 2.45) is 0 Å². The van der Waals surface area contributed by atoms with Gasteiger partial charge in [-0.15, -0.1) is 0 Å². The van der Waals surface area contributed by atoms with Crippen molar-refractivity contribution in [3.8, 4) is 0 Å². The Bertz CT molecular complexity index is 500. The quantitative estimate of drug-likeness (QED) is 0.606. The fourth-order valence-electron chi connectivity index (χ4n) is 1.34. The van der Waals surface area contributed by atoms with Crippen LogP contribution in [0.3, 0.4) is 0 Å². The Morgan fingerprint density at radius 2 is 1.76 bits per heavy atom. The smallest absolute Gasteiger partial charge is 0.231 e. The van der Waals surface area contributed by atoms with E-state index < -0.39 is 0 Å². The Balaban J connectivity index is 0.00000144. The maximum absolute atomic E-state index is 11.8. The molecule has 2 aromatic carbocycles. The number of benzene rings is 2. The standard InChI is InChI=1S/C13H11N2O.W/c14-11-8-4-5-9-12(11)15-13(16)10-6-2-1-3-7-10;/h2-9H,14H2,(H,15,16);/q-1;. The number of hydrogen-bond donors (Lipinski definition) is 2. The number of amides is 1. The molecular formula is C13H11N2OW-. The molecule has 0 saturated carbocycles. The normalized spacial score (nSPS) is 9.18. The van der Waals surface area contributed by atoms with Crippen LogP contribution in [0.2, 0.25) is 0 Å². The minimum atomic E-state index is -0.174. The predicted octanol–water partition coefficient (Wildman–Crippen LogP) is 2.32. The Hall–Kier alpha value is -1.60. The molecule has 0 heterocycles. The minimum Gasteiger partial charge on any atom is -0.397 e. The van der Waals surface area contributed by atoms with Gasteiger partial charge in [-0.05, 0) is 12.1 Å². The second kappa shape index (κ2) is 6.21. The second-order valence-electron chi connectivity index (χ2n) is 3.33. The van der Waals surface area contributed by atoms with Crippen LogP contribution >= 0.6 is 0 Å². The van der Waals surface area contributed by atoms with E-state index in [2.05, 4.69) is 11.4 Å². The molecule has 0 atom stereocenters. The van der Waals surface area contributed by atoms with E-state index >= 15 is 0 Å². The zero-order valence-corrected chi connectivity index (χ0v) is 11.9. The van der Waals surface area contributed by atoms with Crippen molar-refractivity contribution in [2.75, 3.05) is 11.1 Å². The summed E-state index contributed by atoms with van der Waals surface area (Å²) in [4.78, 5) is 11.8. The molecule has 0 bridgehead atoms. The molecule has 1 amide bonds. The van der Waals surface area contributed by atoms with Crippen LogP contribution in [0.15, 0.2) is 48.5 Å². The molecule has 0 spiro atoms. The fourth-order valence-corrected chi connectivity index (χ4v) is 1.34. The molecular weight excluding hydrogens is 384 g/mol. The number of para-hydroxylation sites is 2. The molecule has 0 fully saturated rings. The van der Waals surface area contributed by atoms with E-state index in [0.29, 0.717) is 16.9 Å². The number of nitrogen functional groups attached to an aromatic ring is 1. The summed E-state index contributed by atoms with van der Waals surface area (Å²) in [5.41, 5.74) is 7.49. The van der Waals surface area contributed by atoms with Gasteiger partial charge in [0.1, 0.15) is 0 Å². The molecule has 3 N–H and O–H groups in total. The molecule has 2 rings (SSSR count). The Labute approximate surface area is 114 Å². The van der Waals surface area contributed by atoms with Crippen LogP contribution in [-0.2, 0) is 21.1 Å². The van der Waals surface area contributed by atoms with Crippen molar-refractivity contribution < 1.29 is 25.9 Å². The zero-order chi connectivity index (χ0) is 11.4. The molecule has 0 aliphatic heterocycles. The first-order valence-corrected chi connectivity index (χ1v) is 4.89. The van der Waals surface area contributed by atoms with Crippen LogP contribution in [0.25, 0.3) is 0 Å². The molecule has 0 saturated heterocycles. The van der Waals surface area contributed by atoms with Crippen LogP contribution < -0.4 is 11.1 Å². The number of rotatable bonds is 2. The van der Waals surface area contributed by atoms with E-state index in [-0.39, 0.29) is 27.0 Å². The number of carbonyl (C=O) groups excluding carboxylic acids is 1. The number of nitrogens with one attached hydrogen (secondary N) is 1. The number of carbonyl (C=O) groups is 1. The van der Waals surface area contributed by atoms with Gasteiger partial charge in [-0.1, -0.05) is 17.7 Å². The van der Waals surface area contributed by atoms with Gasteiger partial charge in [0, 0.05) is 21.1 Å². The third kappa shape index (κ3) is 3.43. The largest absolute Gasteiger partial charge is 0.397 e. The Morgan fingerprint density at radius 1 is 1.12 bits per heavy atom. The maximum Gasteiger partial charge on any atom is 0.231 e. The average Bonchev–Trinajstić information content (AvgIpc) is 2.33. The van der Waals surface area contributed by atoms with Gasteiger partial charge in [0.25, 0.3) is 0 Å². The minimum absolute atomic E-state index is 0. The van der Waals surface area contributed by atoms with Crippen LogP contribution in [0.1, 0.15) is 10.4 Å². The van der Waals surface area contributed by atoms with Crippen molar-refractivity contribution in [3.05, 3.63) is 60.2 Å². The summed E-state index contributed by atoms with van der Waals surface area (Å²) in [5, 5.41) is 2.75. The van der Waals surface area contributed by atoms with Gasteiger partial charge in [-0.25, -0.2) is 0 Å². The van der Waals surface area contributed by atoms with Crippen LogP contribution in [0, 0.1) is 6.07 Å². The molecule has 4 heteroatoms. The van der Waals surface area contributed by atoms with Crippen molar-refractivity contribution in [2.45, 2.75) is 0 Å². The van der Waals surface area contributed by atoms with Crippen molar-refractivity contribution >= 4 is 17.3 Å². The van der Waals surface area contributed by atoms with E-state index in [9.17, 15) is 4.79 Å². The first kappa shape index (κ1) is 13.5. The van der Waals surface area contributed by atoms with Crippen molar-refractivity contribution in [1.29, 1.82) is 0 Å². The first-order valence-electron chi connectivity index (χ1n) is 4.89. The average molecular weight is 395 g/mol. The van der Waals surface area contributed by atoms with E-state index in [1.807, 2.05) is 12.1 Å². The molecule has 0 radical (unpaired) electrons. The first-order chi connectivity index (χ1) is 7.77. The summed E-state index contributed by atoms with van der Waals surface area (Å²) in [6.07, 6.45) is 0. The summed E-state index contributed by atoms with van der Waals surface area (Å²) < 4.78 is 0. The maximum atomic E-state index is 11.8. The van der Waals surface area contributed by atoms with Gasteiger partial charge < -0.3 is 11.1 Å². The van der Waals surface area contributed by atoms with Gasteiger partial charge in [0.2, 0.25) is 5.91 Å². The molecule has 0 aromatic heterocycles. The summed E-state index contributed by atoms with van der Waals surface area (Å²) in [6, 6.07) is 16.8. The third-order valence-corrected chi connectivity index (χ3v) is 2.19. The van der Waals surface area contributed by atoms with Gasteiger partial charge in [0.15, 0.2) is 0 Å². The SMILES string of the molecule is Nc1ccccc1NC(=O)c1cc[c-]cc1.[W]. The van der Waals surface area contributed by atoms with Crippen molar-refractivity contribution in [1.82, 2.24) is 0 Å². The van der Waals surface area contributed by atoms with Crippen LogP contribution in [0.4, 0.5) is 11.4 Å². The van der Waals surface area contributed by atoms with Crippen LogP contribution in [-0.4, -0.2) is 5.91 Å². The summed E-state index contributed by atoms with van der Waals surface area (Å²) in [7, 11) is 0. The van der Waals surface area contributed by atoms with E-state index in [4.69, 9.17) is 5.73 Å². The molecule has 3 nitrogen and oxygen atoms in total. The number of hydrogen-bond acceptors (Lipinski definition) is 2. The molecule has 17 heavy (non-hydrogen) atoms. The van der Waals surface area contributed by atoms with Gasteiger partial charge in [-0.2, -0.15) is 30.3 Å². The van der Waals surface area contributed by atoms with Crippen LogP contribution in [0.5, 0.6) is 0 Å². The topological polar surface area (TPSA) is 55.1 Å². The Kier molecular flexibility index (Phi) is 4.92. The van der Waals surface area contributed by atoms with Crippen molar-refractivity contribution in [3.63, 3.8) is 0 Å². The molecule has 0 aliphatic rings. The third-order valence-electron chi connectivity index (χ3n) is 2.19. The predicted molar refractivity (Wildman–Crippen MR) is 64.1 cm³/mol. The van der Waals surface area contributed by atoms with Gasteiger partial charge in [-0.3, -0.25) is 4.79 Å². The number of nitrogens with two attached hydrogens (primary N) is 1. The molecule has 0 unspecified atom stereocenters. The number of anilines is 2. The van der Waals surface area contributed by atoms with E-state index in [1.54, 1.807) is 36.4 Å². The van der Waals surface area contributed by atoms with Gasteiger partial charge in [0.05, 0.1) is 11.4 Å². The molecule has 0 aliphatic carbocycles. The molecule has 86 valence electrons. The zero-order valence-electron chi connectivity index (χ0n) is 9.01.